The van der Waals surface area contributed by atoms with Gasteiger partial charge in [-0.2, -0.15) is 0 Å². The summed E-state index contributed by atoms with van der Waals surface area (Å²) in [6, 6.07) is 11.1. The third-order valence-corrected chi connectivity index (χ3v) is 3.20. The third kappa shape index (κ3) is 3.31. The number of methoxy groups -OCH3 is 1. The van der Waals surface area contributed by atoms with Crippen molar-refractivity contribution in [3.05, 3.63) is 59.4 Å². The lowest BCUT2D eigenvalue weighted by atomic mass is 10.1. The number of carboxylic acid groups (broad SMARTS) is 1. The van der Waals surface area contributed by atoms with Crippen LogP contribution in [0.2, 0.25) is 0 Å². The summed E-state index contributed by atoms with van der Waals surface area (Å²) in [5.74, 6) is -0.760. The number of carbonyl (C=O) groups is 1. The molecule has 5 heteroatoms. The van der Waals surface area contributed by atoms with E-state index >= 15 is 0 Å². The van der Waals surface area contributed by atoms with Crippen LogP contribution in [0.25, 0.3) is 0 Å². The van der Waals surface area contributed by atoms with Crippen molar-refractivity contribution in [2.24, 2.45) is 0 Å². The standard InChI is InChI=1S/C16H16FNO3/c1-18(14-6-4-3-5-13(14)17)10-12-9-11(16(19)20)7-8-15(12)21-2/h3-9H,10H2,1-2H3,(H,19,20). The molecule has 0 fully saturated rings. The number of hydrogen-bond acceptors (Lipinski definition) is 3. The van der Waals surface area contributed by atoms with Crippen molar-refractivity contribution in [2.45, 2.75) is 6.54 Å². The molecule has 2 aromatic rings. The highest BCUT2D eigenvalue weighted by molar-refractivity contribution is 5.88. The topological polar surface area (TPSA) is 49.8 Å². The van der Waals surface area contributed by atoms with E-state index in [1.54, 1.807) is 42.3 Å². The van der Waals surface area contributed by atoms with E-state index in [1.165, 1.54) is 19.2 Å². The van der Waals surface area contributed by atoms with Gasteiger partial charge in [-0.15, -0.1) is 0 Å². The van der Waals surface area contributed by atoms with Gasteiger partial charge in [0.05, 0.1) is 18.4 Å². The minimum atomic E-state index is -1.01. The zero-order valence-electron chi connectivity index (χ0n) is 11.8. The van der Waals surface area contributed by atoms with Crippen LogP contribution in [0, 0.1) is 5.82 Å². The molecule has 110 valence electrons. The van der Waals surface area contributed by atoms with Crippen LogP contribution >= 0.6 is 0 Å². The second-order valence-electron chi connectivity index (χ2n) is 4.64. The molecule has 0 aliphatic rings. The maximum absolute atomic E-state index is 13.8. The average Bonchev–Trinajstić information content (AvgIpc) is 2.47. The quantitative estimate of drug-likeness (QED) is 0.918. The van der Waals surface area contributed by atoms with Crippen molar-refractivity contribution in [2.75, 3.05) is 19.1 Å². The Hall–Kier alpha value is -2.56. The first-order valence-corrected chi connectivity index (χ1v) is 6.39. The molecule has 0 aromatic heterocycles. The van der Waals surface area contributed by atoms with Crippen molar-refractivity contribution in [1.82, 2.24) is 0 Å². The van der Waals surface area contributed by atoms with Gasteiger partial charge in [-0.05, 0) is 30.3 Å². The molecule has 2 aromatic carbocycles. The molecular formula is C16H16FNO3. The van der Waals surface area contributed by atoms with E-state index in [9.17, 15) is 9.18 Å². The molecule has 0 spiro atoms. The fraction of sp³-hybridized carbons (Fsp3) is 0.188. The second-order valence-corrected chi connectivity index (χ2v) is 4.64. The summed E-state index contributed by atoms with van der Waals surface area (Å²) in [6.45, 7) is 0.339. The number of hydrogen-bond donors (Lipinski definition) is 1. The summed E-state index contributed by atoms with van der Waals surface area (Å²) in [6.07, 6.45) is 0. The van der Waals surface area contributed by atoms with Crippen LogP contribution in [0.1, 0.15) is 15.9 Å². The normalized spacial score (nSPS) is 10.2. The molecule has 21 heavy (non-hydrogen) atoms. The number of para-hydroxylation sites is 1. The van der Waals surface area contributed by atoms with Crippen LogP contribution in [0.15, 0.2) is 42.5 Å². The molecular weight excluding hydrogens is 273 g/mol. The third-order valence-electron chi connectivity index (χ3n) is 3.20. The maximum atomic E-state index is 13.8. The second kappa shape index (κ2) is 6.26. The number of rotatable bonds is 5. The van der Waals surface area contributed by atoms with E-state index < -0.39 is 5.97 Å². The van der Waals surface area contributed by atoms with Crippen molar-refractivity contribution >= 4 is 11.7 Å². The summed E-state index contributed by atoms with van der Waals surface area (Å²) in [5, 5.41) is 9.05. The molecule has 0 aliphatic carbocycles. The number of halogens is 1. The fourth-order valence-electron chi connectivity index (χ4n) is 2.14. The number of ether oxygens (including phenoxy) is 1. The van der Waals surface area contributed by atoms with Gasteiger partial charge in [-0.1, -0.05) is 12.1 Å². The fourth-order valence-corrected chi connectivity index (χ4v) is 2.14. The first-order valence-electron chi connectivity index (χ1n) is 6.39. The predicted molar refractivity (Wildman–Crippen MR) is 78.5 cm³/mol. The summed E-state index contributed by atoms with van der Waals surface area (Å²) >= 11 is 0. The van der Waals surface area contributed by atoms with Gasteiger partial charge in [0.25, 0.3) is 0 Å². The van der Waals surface area contributed by atoms with Crippen LogP contribution in [0.4, 0.5) is 10.1 Å². The Morgan fingerprint density at radius 2 is 2.00 bits per heavy atom. The minimum absolute atomic E-state index is 0.174. The highest BCUT2D eigenvalue weighted by Gasteiger charge is 2.13. The van der Waals surface area contributed by atoms with E-state index in [-0.39, 0.29) is 11.4 Å². The molecule has 1 N–H and O–H groups in total. The van der Waals surface area contributed by atoms with Crippen molar-refractivity contribution < 1.29 is 19.0 Å². The van der Waals surface area contributed by atoms with E-state index in [1.807, 2.05) is 0 Å². The van der Waals surface area contributed by atoms with Gasteiger partial charge in [0.1, 0.15) is 11.6 Å². The molecule has 2 rings (SSSR count). The lowest BCUT2D eigenvalue weighted by Gasteiger charge is -2.21. The molecule has 0 radical (unpaired) electrons. The van der Waals surface area contributed by atoms with Gasteiger partial charge in [0, 0.05) is 19.2 Å². The number of aromatic carboxylic acids is 1. The highest BCUT2D eigenvalue weighted by atomic mass is 19.1. The Morgan fingerprint density at radius 1 is 1.29 bits per heavy atom. The molecule has 0 saturated carbocycles. The van der Waals surface area contributed by atoms with E-state index in [0.717, 1.165) is 0 Å². The summed E-state index contributed by atoms with van der Waals surface area (Å²) in [7, 11) is 3.26. The Labute approximate surface area is 122 Å². The molecule has 0 atom stereocenters. The van der Waals surface area contributed by atoms with Gasteiger partial charge < -0.3 is 14.7 Å². The van der Waals surface area contributed by atoms with Crippen molar-refractivity contribution in [3.63, 3.8) is 0 Å². The molecule has 4 nitrogen and oxygen atoms in total. The van der Waals surface area contributed by atoms with Gasteiger partial charge >= 0.3 is 5.97 Å². The van der Waals surface area contributed by atoms with Gasteiger partial charge in [0.15, 0.2) is 0 Å². The molecule has 0 amide bonds. The summed E-state index contributed by atoms with van der Waals surface area (Å²) in [5.41, 5.74) is 1.30. The van der Waals surface area contributed by atoms with Crippen LogP contribution < -0.4 is 9.64 Å². The SMILES string of the molecule is COc1ccc(C(=O)O)cc1CN(C)c1ccccc1F. The summed E-state index contributed by atoms with van der Waals surface area (Å²) < 4.78 is 19.0. The lowest BCUT2D eigenvalue weighted by molar-refractivity contribution is 0.0696. The molecule has 0 saturated heterocycles. The number of nitrogens with zero attached hydrogens (tertiary/aromatic N) is 1. The van der Waals surface area contributed by atoms with Crippen LogP contribution in [-0.2, 0) is 6.54 Å². The van der Waals surface area contributed by atoms with Gasteiger partial charge in [0.2, 0.25) is 0 Å². The first kappa shape index (κ1) is 14.8. The largest absolute Gasteiger partial charge is 0.496 e. The summed E-state index contributed by atoms with van der Waals surface area (Å²) in [4.78, 5) is 12.8. The zero-order valence-corrected chi connectivity index (χ0v) is 11.8. The molecule has 0 unspecified atom stereocenters. The zero-order chi connectivity index (χ0) is 15.4. The first-order chi connectivity index (χ1) is 10.0. The molecule has 0 aliphatic heterocycles. The van der Waals surface area contributed by atoms with Crippen LogP contribution in [-0.4, -0.2) is 25.2 Å². The highest BCUT2D eigenvalue weighted by Crippen LogP contribution is 2.25. The Kier molecular flexibility index (Phi) is 4.42. The molecule has 0 bridgehead atoms. The van der Waals surface area contributed by atoms with E-state index in [0.29, 0.717) is 23.5 Å². The Morgan fingerprint density at radius 3 is 2.62 bits per heavy atom. The Bertz CT molecular complexity index is 658. The lowest BCUT2D eigenvalue weighted by Crippen LogP contribution is -2.18. The minimum Gasteiger partial charge on any atom is -0.496 e. The van der Waals surface area contributed by atoms with Gasteiger partial charge in [-0.25, -0.2) is 9.18 Å². The maximum Gasteiger partial charge on any atom is 0.335 e. The number of carboxylic acids is 1. The Balaban J connectivity index is 2.31. The monoisotopic (exact) mass is 289 g/mol. The van der Waals surface area contributed by atoms with E-state index in [2.05, 4.69) is 0 Å². The van der Waals surface area contributed by atoms with Gasteiger partial charge in [-0.3, -0.25) is 0 Å². The smallest absolute Gasteiger partial charge is 0.335 e. The average molecular weight is 289 g/mol. The van der Waals surface area contributed by atoms with Crippen molar-refractivity contribution in [3.8, 4) is 5.75 Å². The predicted octanol–water partition coefficient (Wildman–Crippen LogP) is 3.17. The molecule has 0 heterocycles. The number of benzene rings is 2. The van der Waals surface area contributed by atoms with E-state index in [4.69, 9.17) is 9.84 Å². The van der Waals surface area contributed by atoms with Crippen LogP contribution in [0.5, 0.6) is 5.75 Å². The van der Waals surface area contributed by atoms with Crippen molar-refractivity contribution in [1.29, 1.82) is 0 Å². The van der Waals surface area contributed by atoms with Crippen LogP contribution in [0.3, 0.4) is 0 Å². The number of anilines is 1.